The van der Waals surface area contributed by atoms with E-state index in [1.165, 1.54) is 0 Å². The summed E-state index contributed by atoms with van der Waals surface area (Å²) in [6.07, 6.45) is 0.387. The quantitative estimate of drug-likeness (QED) is 0.463. The van der Waals surface area contributed by atoms with E-state index in [4.69, 9.17) is 9.84 Å². The van der Waals surface area contributed by atoms with Crippen molar-refractivity contribution in [1.29, 1.82) is 0 Å². The predicted molar refractivity (Wildman–Crippen MR) is 67.8 cm³/mol. The summed E-state index contributed by atoms with van der Waals surface area (Å²) in [5.41, 5.74) is 1.11. The van der Waals surface area contributed by atoms with Crippen LogP contribution in [0.1, 0.15) is 18.4 Å². The van der Waals surface area contributed by atoms with Gasteiger partial charge >= 0.3 is 11.9 Å². The average molecular weight is 265 g/mol. The van der Waals surface area contributed by atoms with E-state index in [9.17, 15) is 14.5 Å². The Kier molecular flexibility index (Phi) is 5.66. The van der Waals surface area contributed by atoms with Gasteiger partial charge in [0.1, 0.15) is 11.7 Å². The van der Waals surface area contributed by atoms with Crippen LogP contribution in [-0.2, 0) is 9.59 Å². The third-order valence-corrected chi connectivity index (χ3v) is 2.61. The third kappa shape index (κ3) is 4.87. The molecule has 0 aliphatic carbocycles. The molecule has 6 heteroatoms. The molecule has 1 aromatic rings. The van der Waals surface area contributed by atoms with Crippen LogP contribution in [0.15, 0.2) is 29.4 Å². The fourth-order valence-electron chi connectivity index (χ4n) is 1.53. The van der Waals surface area contributed by atoms with Crippen molar-refractivity contribution in [3.63, 3.8) is 0 Å². The number of carboxylic acids is 1. The lowest BCUT2D eigenvalue weighted by Gasteiger charge is -2.08. The van der Waals surface area contributed by atoms with Crippen LogP contribution in [0.2, 0.25) is 0 Å². The van der Waals surface area contributed by atoms with Crippen molar-refractivity contribution in [2.75, 3.05) is 6.61 Å². The molecule has 0 fully saturated rings. The molecule has 6 nitrogen and oxygen atoms in total. The molecule has 1 unspecified atom stereocenters. The number of carbonyl (C=O) groups excluding carboxylic acids is 1. The van der Waals surface area contributed by atoms with Gasteiger partial charge in [-0.05, 0) is 31.9 Å². The summed E-state index contributed by atoms with van der Waals surface area (Å²) in [6.45, 7) is 2.23. The summed E-state index contributed by atoms with van der Waals surface area (Å²) < 4.78 is 5.39. The Labute approximate surface area is 110 Å². The standard InChI is InChI=1S/C13H15NO5/c1-9-4-6-10(7-5-9)19-8-2-3-11(13(16)17)12(15)14-18/h4-7,11H,2-3,8H2,1H3,(H,16,17). The first-order chi connectivity index (χ1) is 9.04. The number of amides is 1. The highest BCUT2D eigenvalue weighted by atomic mass is 16.5. The maximum absolute atomic E-state index is 11.0. The van der Waals surface area contributed by atoms with Gasteiger partial charge in [-0.1, -0.05) is 17.7 Å². The van der Waals surface area contributed by atoms with E-state index in [0.29, 0.717) is 12.2 Å². The van der Waals surface area contributed by atoms with Crippen LogP contribution < -0.4 is 4.74 Å². The van der Waals surface area contributed by atoms with Gasteiger partial charge in [-0.3, -0.25) is 9.59 Å². The maximum atomic E-state index is 11.0. The maximum Gasteiger partial charge on any atom is 0.316 e. The van der Waals surface area contributed by atoms with Crippen molar-refractivity contribution in [3.8, 4) is 5.75 Å². The van der Waals surface area contributed by atoms with Crippen LogP contribution in [0.3, 0.4) is 0 Å². The van der Waals surface area contributed by atoms with Crippen LogP contribution >= 0.6 is 0 Å². The topological polar surface area (TPSA) is 93.0 Å². The number of benzene rings is 1. The number of aryl methyl sites for hydroxylation is 1. The Morgan fingerprint density at radius 2 is 1.95 bits per heavy atom. The normalized spacial score (nSPS) is 11.6. The summed E-state index contributed by atoms with van der Waals surface area (Å²) in [7, 11) is 0. The van der Waals surface area contributed by atoms with E-state index in [0.717, 1.165) is 5.56 Å². The van der Waals surface area contributed by atoms with E-state index in [1.807, 2.05) is 31.2 Å². The molecule has 0 aliphatic heterocycles. The molecule has 1 rings (SSSR count). The van der Waals surface area contributed by atoms with Crippen molar-refractivity contribution in [3.05, 3.63) is 34.7 Å². The number of hydrogen-bond acceptors (Lipinski definition) is 4. The number of hydrogen-bond donors (Lipinski definition) is 1. The molecule has 1 amide bonds. The Hall–Kier alpha value is -2.24. The van der Waals surface area contributed by atoms with Crippen molar-refractivity contribution >= 4 is 11.9 Å². The molecule has 0 radical (unpaired) electrons. The molecule has 0 aliphatic rings. The first kappa shape index (κ1) is 14.8. The number of carbonyl (C=O) groups is 2. The van der Waals surface area contributed by atoms with Crippen molar-refractivity contribution in [1.82, 2.24) is 0 Å². The Balaban J connectivity index is 2.36. The summed E-state index contributed by atoms with van der Waals surface area (Å²) in [5, 5.41) is 10.9. The van der Waals surface area contributed by atoms with Crippen molar-refractivity contribution < 1.29 is 19.4 Å². The van der Waals surface area contributed by atoms with E-state index >= 15 is 0 Å². The number of carboxylic acid groups (broad SMARTS) is 1. The second-order valence-electron chi connectivity index (χ2n) is 4.12. The van der Waals surface area contributed by atoms with Gasteiger partial charge in [0.2, 0.25) is 0 Å². The van der Waals surface area contributed by atoms with E-state index < -0.39 is 17.8 Å². The van der Waals surface area contributed by atoms with Crippen LogP contribution in [0.5, 0.6) is 5.75 Å². The SMILES string of the molecule is Cc1ccc(OCCCC(C(=O)O)C(=O)N=O)cc1. The monoisotopic (exact) mass is 265 g/mol. The van der Waals surface area contributed by atoms with Gasteiger partial charge in [0, 0.05) is 5.18 Å². The van der Waals surface area contributed by atoms with Gasteiger partial charge < -0.3 is 9.84 Å². The summed E-state index contributed by atoms with van der Waals surface area (Å²) >= 11 is 0. The fraction of sp³-hybridized carbons (Fsp3) is 0.385. The average Bonchev–Trinajstić information content (AvgIpc) is 2.39. The number of ether oxygens (including phenoxy) is 1. The van der Waals surface area contributed by atoms with Crippen molar-refractivity contribution in [2.24, 2.45) is 11.1 Å². The highest BCUT2D eigenvalue weighted by Gasteiger charge is 2.26. The number of nitroso groups, excluding NO2 is 1. The van der Waals surface area contributed by atoms with Gasteiger partial charge in [0.25, 0.3) is 0 Å². The highest BCUT2D eigenvalue weighted by Crippen LogP contribution is 2.14. The molecule has 1 atom stereocenters. The lowest BCUT2D eigenvalue weighted by atomic mass is 10.0. The first-order valence-electron chi connectivity index (χ1n) is 5.84. The van der Waals surface area contributed by atoms with Gasteiger partial charge in [0.15, 0.2) is 0 Å². The van der Waals surface area contributed by atoms with Crippen molar-refractivity contribution in [2.45, 2.75) is 19.8 Å². The van der Waals surface area contributed by atoms with Crippen LogP contribution in [0.25, 0.3) is 0 Å². The zero-order valence-electron chi connectivity index (χ0n) is 10.5. The zero-order valence-corrected chi connectivity index (χ0v) is 10.5. The fourth-order valence-corrected chi connectivity index (χ4v) is 1.53. The minimum Gasteiger partial charge on any atom is -0.494 e. The zero-order chi connectivity index (χ0) is 14.3. The Morgan fingerprint density at radius 1 is 1.32 bits per heavy atom. The molecule has 0 aromatic heterocycles. The molecule has 1 N–H and O–H groups in total. The predicted octanol–water partition coefficient (Wildman–Crippen LogP) is 2.15. The van der Waals surface area contributed by atoms with Gasteiger partial charge in [-0.25, -0.2) is 0 Å². The molecule has 0 bridgehead atoms. The van der Waals surface area contributed by atoms with Gasteiger partial charge in [-0.2, -0.15) is 0 Å². The second-order valence-corrected chi connectivity index (χ2v) is 4.12. The van der Waals surface area contributed by atoms with Crippen LogP contribution in [-0.4, -0.2) is 23.6 Å². The minimum atomic E-state index is -1.38. The number of aliphatic carboxylic acids is 1. The molecule has 102 valence electrons. The molecule has 0 heterocycles. The minimum absolute atomic E-state index is 0.0335. The van der Waals surface area contributed by atoms with Gasteiger partial charge in [0.05, 0.1) is 6.61 Å². The molecular formula is C13H15NO5. The molecule has 1 aromatic carbocycles. The van der Waals surface area contributed by atoms with Gasteiger partial charge in [-0.15, -0.1) is 4.91 Å². The molecule has 0 saturated carbocycles. The third-order valence-electron chi connectivity index (χ3n) is 2.61. The smallest absolute Gasteiger partial charge is 0.316 e. The van der Waals surface area contributed by atoms with E-state index in [1.54, 1.807) is 0 Å². The number of rotatable bonds is 7. The Bertz CT molecular complexity index is 455. The molecular weight excluding hydrogens is 250 g/mol. The molecule has 0 spiro atoms. The molecule has 0 saturated heterocycles. The van der Waals surface area contributed by atoms with E-state index in [2.05, 4.69) is 5.18 Å². The number of nitrogens with zero attached hydrogens (tertiary/aromatic N) is 1. The second kappa shape index (κ2) is 7.25. The summed E-state index contributed by atoms with van der Waals surface area (Å²) in [6, 6.07) is 7.41. The molecule has 19 heavy (non-hydrogen) atoms. The highest BCUT2D eigenvalue weighted by molar-refractivity contribution is 5.97. The largest absolute Gasteiger partial charge is 0.494 e. The first-order valence-corrected chi connectivity index (χ1v) is 5.84. The summed E-state index contributed by atoms with van der Waals surface area (Å²) in [5.74, 6) is -3.18. The lowest BCUT2D eigenvalue weighted by Crippen LogP contribution is -2.22. The van der Waals surface area contributed by atoms with E-state index in [-0.39, 0.29) is 13.0 Å². The van der Waals surface area contributed by atoms with Crippen LogP contribution in [0, 0.1) is 17.7 Å². The summed E-state index contributed by atoms with van der Waals surface area (Å²) in [4.78, 5) is 31.7. The Morgan fingerprint density at radius 3 is 2.47 bits per heavy atom. The van der Waals surface area contributed by atoms with Crippen LogP contribution in [0.4, 0.5) is 0 Å². The lowest BCUT2D eigenvalue weighted by molar-refractivity contribution is -0.146.